The summed E-state index contributed by atoms with van der Waals surface area (Å²) < 4.78 is 0. The molecule has 2 aliphatic rings. The van der Waals surface area contributed by atoms with E-state index >= 15 is 0 Å². The highest BCUT2D eigenvalue weighted by molar-refractivity contribution is 6.19. The van der Waals surface area contributed by atoms with E-state index in [1.165, 1.54) is 25.7 Å². The third-order valence-electron chi connectivity index (χ3n) is 3.08. The van der Waals surface area contributed by atoms with E-state index in [-0.39, 0.29) is 11.8 Å². The molecular weight excluding hydrogens is 198 g/mol. The number of rotatable bonds is 5. The Balaban J connectivity index is 1.90. The summed E-state index contributed by atoms with van der Waals surface area (Å²) in [5.41, 5.74) is 0. The summed E-state index contributed by atoms with van der Waals surface area (Å²) in [6.07, 6.45) is 5.03. The van der Waals surface area contributed by atoms with Crippen molar-refractivity contribution in [3.05, 3.63) is 0 Å². The van der Waals surface area contributed by atoms with Crippen LogP contribution >= 0.6 is 11.6 Å². The smallest absolute Gasteiger partial charge is 0.226 e. The number of alkyl halides is 1. The van der Waals surface area contributed by atoms with Crippen LogP contribution in [0.1, 0.15) is 32.6 Å². The molecule has 1 unspecified atom stereocenters. The normalized spacial score (nSPS) is 23.3. The van der Waals surface area contributed by atoms with Gasteiger partial charge in [-0.3, -0.25) is 4.79 Å². The molecule has 2 nitrogen and oxygen atoms in total. The van der Waals surface area contributed by atoms with Crippen LogP contribution in [0.4, 0.5) is 0 Å². The molecule has 14 heavy (non-hydrogen) atoms. The Hall–Kier alpha value is -0.240. The van der Waals surface area contributed by atoms with Gasteiger partial charge in [0.15, 0.2) is 0 Å². The van der Waals surface area contributed by atoms with E-state index in [0.29, 0.717) is 11.9 Å². The van der Waals surface area contributed by atoms with Gasteiger partial charge in [-0.15, -0.1) is 11.6 Å². The molecule has 0 aromatic carbocycles. The summed E-state index contributed by atoms with van der Waals surface area (Å²) in [6.45, 7) is 2.92. The highest BCUT2D eigenvalue weighted by atomic mass is 35.5. The molecule has 0 saturated heterocycles. The summed E-state index contributed by atoms with van der Waals surface area (Å²) in [5, 5.41) is 0. The van der Waals surface area contributed by atoms with Gasteiger partial charge in [0.25, 0.3) is 0 Å². The fraction of sp³-hybridized carbons (Fsp3) is 0.909. The Morgan fingerprint density at radius 2 is 2.07 bits per heavy atom. The Kier molecular flexibility index (Phi) is 3.01. The van der Waals surface area contributed by atoms with Gasteiger partial charge in [0.1, 0.15) is 0 Å². The van der Waals surface area contributed by atoms with Crippen molar-refractivity contribution in [3.63, 3.8) is 0 Å². The second-order valence-corrected chi connectivity index (χ2v) is 5.03. The minimum absolute atomic E-state index is 0.00369. The number of carbonyl (C=O) groups is 1. The monoisotopic (exact) mass is 215 g/mol. The highest BCUT2D eigenvalue weighted by Crippen LogP contribution is 2.35. The SMILES string of the molecule is CC(CCl)C(=O)N(CC1CC1)C1CC1. The number of halogens is 1. The lowest BCUT2D eigenvalue weighted by Crippen LogP contribution is -2.39. The van der Waals surface area contributed by atoms with Crippen molar-refractivity contribution >= 4 is 17.5 Å². The first-order valence-corrected chi connectivity index (χ1v) is 6.12. The number of carbonyl (C=O) groups excluding carboxylic acids is 1. The number of hydrogen-bond acceptors (Lipinski definition) is 1. The van der Waals surface area contributed by atoms with E-state index in [1.54, 1.807) is 0 Å². The lowest BCUT2D eigenvalue weighted by atomic mass is 10.1. The van der Waals surface area contributed by atoms with Crippen LogP contribution in [0.2, 0.25) is 0 Å². The number of hydrogen-bond donors (Lipinski definition) is 0. The van der Waals surface area contributed by atoms with Crippen LogP contribution in [-0.4, -0.2) is 29.3 Å². The standard InChI is InChI=1S/C11H18ClNO/c1-8(6-12)11(14)13(10-4-5-10)7-9-2-3-9/h8-10H,2-7H2,1H3. The summed E-state index contributed by atoms with van der Waals surface area (Å²) in [5.74, 6) is 1.51. The van der Waals surface area contributed by atoms with Crippen molar-refractivity contribution in [2.45, 2.75) is 38.6 Å². The van der Waals surface area contributed by atoms with Crippen LogP contribution in [0, 0.1) is 11.8 Å². The number of amides is 1. The van der Waals surface area contributed by atoms with Crippen LogP contribution in [0.3, 0.4) is 0 Å². The molecule has 0 bridgehead atoms. The predicted molar refractivity (Wildman–Crippen MR) is 57.3 cm³/mol. The highest BCUT2D eigenvalue weighted by Gasteiger charge is 2.37. The molecule has 0 aliphatic heterocycles. The van der Waals surface area contributed by atoms with Crippen LogP contribution < -0.4 is 0 Å². The molecule has 2 saturated carbocycles. The van der Waals surface area contributed by atoms with Gasteiger partial charge in [-0.25, -0.2) is 0 Å². The van der Waals surface area contributed by atoms with Crippen LogP contribution in [0.15, 0.2) is 0 Å². The van der Waals surface area contributed by atoms with Gasteiger partial charge < -0.3 is 4.90 Å². The zero-order valence-corrected chi connectivity index (χ0v) is 9.46. The molecule has 0 spiro atoms. The molecule has 3 heteroatoms. The molecule has 2 rings (SSSR count). The summed E-state index contributed by atoms with van der Waals surface area (Å²) in [4.78, 5) is 14.0. The Labute approximate surface area is 90.6 Å². The van der Waals surface area contributed by atoms with Gasteiger partial charge in [-0.2, -0.15) is 0 Å². The lowest BCUT2D eigenvalue weighted by Gasteiger charge is -2.24. The molecule has 2 fully saturated rings. The molecule has 80 valence electrons. The Morgan fingerprint density at radius 3 is 2.50 bits per heavy atom. The van der Waals surface area contributed by atoms with E-state index in [1.807, 2.05) is 6.92 Å². The molecule has 0 radical (unpaired) electrons. The molecule has 2 aliphatic carbocycles. The average Bonchev–Trinajstić information content (AvgIpc) is 3.02. The largest absolute Gasteiger partial charge is 0.339 e. The summed E-state index contributed by atoms with van der Waals surface area (Å²) in [7, 11) is 0. The average molecular weight is 216 g/mol. The second kappa shape index (κ2) is 4.09. The molecule has 0 heterocycles. The van der Waals surface area contributed by atoms with E-state index in [4.69, 9.17) is 11.6 Å². The van der Waals surface area contributed by atoms with E-state index in [9.17, 15) is 4.79 Å². The van der Waals surface area contributed by atoms with E-state index in [2.05, 4.69) is 4.90 Å². The topological polar surface area (TPSA) is 20.3 Å². The zero-order chi connectivity index (χ0) is 10.1. The van der Waals surface area contributed by atoms with Crippen LogP contribution in [-0.2, 0) is 4.79 Å². The molecule has 0 aromatic heterocycles. The third-order valence-corrected chi connectivity index (χ3v) is 3.54. The van der Waals surface area contributed by atoms with Crippen molar-refractivity contribution < 1.29 is 4.79 Å². The summed E-state index contributed by atoms with van der Waals surface area (Å²) >= 11 is 5.72. The van der Waals surface area contributed by atoms with Gasteiger partial charge in [0, 0.05) is 24.4 Å². The van der Waals surface area contributed by atoms with Crippen LogP contribution in [0.5, 0.6) is 0 Å². The predicted octanol–water partition coefficient (Wildman–Crippen LogP) is 2.26. The van der Waals surface area contributed by atoms with Crippen molar-refractivity contribution in [1.29, 1.82) is 0 Å². The van der Waals surface area contributed by atoms with E-state index in [0.717, 1.165) is 12.5 Å². The fourth-order valence-electron chi connectivity index (χ4n) is 1.73. The minimum Gasteiger partial charge on any atom is -0.339 e. The molecular formula is C11H18ClNO. The Bertz CT molecular complexity index is 223. The zero-order valence-electron chi connectivity index (χ0n) is 8.71. The van der Waals surface area contributed by atoms with Gasteiger partial charge >= 0.3 is 0 Å². The van der Waals surface area contributed by atoms with Crippen molar-refractivity contribution in [3.8, 4) is 0 Å². The first kappa shape index (κ1) is 10.3. The molecule has 1 atom stereocenters. The minimum atomic E-state index is -0.00369. The van der Waals surface area contributed by atoms with Gasteiger partial charge in [-0.1, -0.05) is 6.92 Å². The molecule has 0 aromatic rings. The van der Waals surface area contributed by atoms with Gasteiger partial charge in [0.2, 0.25) is 5.91 Å². The molecule has 0 N–H and O–H groups in total. The quantitative estimate of drug-likeness (QED) is 0.645. The maximum absolute atomic E-state index is 12.0. The summed E-state index contributed by atoms with van der Waals surface area (Å²) in [6, 6.07) is 0.550. The Morgan fingerprint density at radius 1 is 1.43 bits per heavy atom. The van der Waals surface area contributed by atoms with Gasteiger partial charge in [-0.05, 0) is 31.6 Å². The lowest BCUT2D eigenvalue weighted by molar-refractivity contribution is -0.135. The third kappa shape index (κ3) is 2.41. The van der Waals surface area contributed by atoms with Gasteiger partial charge in [0.05, 0.1) is 0 Å². The van der Waals surface area contributed by atoms with Crippen molar-refractivity contribution in [1.82, 2.24) is 4.90 Å². The number of nitrogens with zero attached hydrogens (tertiary/aromatic N) is 1. The fourth-order valence-corrected chi connectivity index (χ4v) is 1.86. The maximum Gasteiger partial charge on any atom is 0.226 e. The first-order valence-electron chi connectivity index (χ1n) is 5.58. The maximum atomic E-state index is 12.0. The first-order chi connectivity index (χ1) is 6.72. The van der Waals surface area contributed by atoms with Crippen molar-refractivity contribution in [2.24, 2.45) is 11.8 Å². The molecule has 1 amide bonds. The van der Waals surface area contributed by atoms with Crippen LogP contribution in [0.25, 0.3) is 0 Å². The van der Waals surface area contributed by atoms with Crippen molar-refractivity contribution in [2.75, 3.05) is 12.4 Å². The van der Waals surface area contributed by atoms with E-state index < -0.39 is 0 Å². The second-order valence-electron chi connectivity index (χ2n) is 4.72.